The van der Waals surface area contributed by atoms with E-state index < -0.39 is 4.92 Å². The lowest BCUT2D eigenvalue weighted by Crippen LogP contribution is -2.20. The van der Waals surface area contributed by atoms with Crippen LogP contribution in [0.4, 0.5) is 11.4 Å². The Bertz CT molecular complexity index is 1010. The summed E-state index contributed by atoms with van der Waals surface area (Å²) in [6, 6.07) is 9.60. The average Bonchev–Trinajstić information content (AvgIpc) is 3.06. The summed E-state index contributed by atoms with van der Waals surface area (Å²) in [6.45, 7) is 4.57. The van der Waals surface area contributed by atoms with Crippen LogP contribution < -0.4 is 14.8 Å². The molecule has 3 rings (SSSR count). The van der Waals surface area contributed by atoms with E-state index in [-0.39, 0.29) is 18.1 Å². The maximum absolute atomic E-state index is 12.6. The lowest BCUT2D eigenvalue weighted by molar-refractivity contribution is -0.384. The number of anilines is 1. The maximum Gasteiger partial charge on any atom is 0.271 e. The summed E-state index contributed by atoms with van der Waals surface area (Å²) in [5.41, 5.74) is 0.940. The molecule has 3 aromatic rings. The lowest BCUT2D eigenvalue weighted by Gasteiger charge is -2.13. The number of nitrogens with zero attached hydrogens (tertiary/aromatic N) is 3. The third-order valence-electron chi connectivity index (χ3n) is 3.97. The number of aromatic nitrogens is 2. The molecule has 0 atom stereocenters. The van der Waals surface area contributed by atoms with Crippen molar-refractivity contribution in [3.8, 4) is 11.5 Å². The van der Waals surface area contributed by atoms with Crippen LogP contribution in [0.1, 0.15) is 13.8 Å². The number of rotatable bonds is 8. The molecule has 28 heavy (non-hydrogen) atoms. The van der Waals surface area contributed by atoms with E-state index in [1.165, 1.54) is 16.8 Å². The Labute approximate surface area is 161 Å². The summed E-state index contributed by atoms with van der Waals surface area (Å²) >= 11 is 0. The molecule has 1 heterocycles. The molecule has 146 valence electrons. The largest absolute Gasteiger partial charge is 0.494 e. The molecule has 0 saturated carbocycles. The summed E-state index contributed by atoms with van der Waals surface area (Å²) in [5, 5.41) is 18.7. The predicted octanol–water partition coefficient (Wildman–Crippen LogP) is 3.38. The smallest absolute Gasteiger partial charge is 0.271 e. The van der Waals surface area contributed by atoms with Crippen LogP contribution in [-0.2, 0) is 11.3 Å². The van der Waals surface area contributed by atoms with Crippen molar-refractivity contribution in [2.45, 2.75) is 20.4 Å². The van der Waals surface area contributed by atoms with Crippen LogP contribution in [0.15, 0.2) is 42.6 Å². The minimum absolute atomic E-state index is 0.0577. The number of amides is 1. The molecule has 1 aromatic heterocycles. The number of hydrogen-bond donors (Lipinski definition) is 1. The van der Waals surface area contributed by atoms with Crippen molar-refractivity contribution in [2.75, 3.05) is 18.5 Å². The number of benzene rings is 2. The molecule has 0 saturated heterocycles. The zero-order valence-corrected chi connectivity index (χ0v) is 15.5. The fourth-order valence-electron chi connectivity index (χ4n) is 2.77. The zero-order valence-electron chi connectivity index (χ0n) is 15.5. The van der Waals surface area contributed by atoms with Crippen molar-refractivity contribution < 1.29 is 19.2 Å². The first-order valence-corrected chi connectivity index (χ1v) is 8.81. The molecule has 0 spiro atoms. The van der Waals surface area contributed by atoms with Gasteiger partial charge in [-0.15, -0.1) is 0 Å². The van der Waals surface area contributed by atoms with Gasteiger partial charge in [0.25, 0.3) is 5.69 Å². The van der Waals surface area contributed by atoms with Gasteiger partial charge in [0, 0.05) is 23.6 Å². The third kappa shape index (κ3) is 4.20. The Hall–Kier alpha value is -3.62. The molecule has 1 amide bonds. The van der Waals surface area contributed by atoms with Crippen molar-refractivity contribution in [2.24, 2.45) is 0 Å². The van der Waals surface area contributed by atoms with Crippen molar-refractivity contribution in [3.63, 3.8) is 0 Å². The highest BCUT2D eigenvalue weighted by Crippen LogP contribution is 2.29. The van der Waals surface area contributed by atoms with Gasteiger partial charge >= 0.3 is 0 Å². The van der Waals surface area contributed by atoms with Crippen molar-refractivity contribution in [1.29, 1.82) is 0 Å². The predicted molar refractivity (Wildman–Crippen MR) is 104 cm³/mol. The quantitative estimate of drug-likeness (QED) is 0.471. The number of nitro benzene ring substituents is 1. The Morgan fingerprint density at radius 1 is 1.18 bits per heavy atom. The van der Waals surface area contributed by atoms with Crippen LogP contribution >= 0.6 is 0 Å². The second-order valence-corrected chi connectivity index (χ2v) is 5.87. The topological polar surface area (TPSA) is 109 Å². The van der Waals surface area contributed by atoms with E-state index in [4.69, 9.17) is 9.47 Å². The third-order valence-corrected chi connectivity index (χ3v) is 3.97. The molecule has 0 aliphatic rings. The van der Waals surface area contributed by atoms with Crippen LogP contribution in [0, 0.1) is 10.1 Å². The summed E-state index contributed by atoms with van der Waals surface area (Å²) in [5.74, 6) is 0.799. The van der Waals surface area contributed by atoms with Crippen molar-refractivity contribution in [1.82, 2.24) is 9.78 Å². The SMILES string of the molecule is CCOc1ccc(OCC)c(NC(=O)Cn2ncc3ccc([N+](=O)[O-])cc32)c1. The van der Waals surface area contributed by atoms with E-state index in [1.807, 2.05) is 13.8 Å². The Morgan fingerprint density at radius 3 is 2.68 bits per heavy atom. The van der Waals surface area contributed by atoms with Crippen LogP contribution in [-0.4, -0.2) is 33.8 Å². The van der Waals surface area contributed by atoms with Crippen LogP contribution in [0.3, 0.4) is 0 Å². The second kappa shape index (κ2) is 8.38. The number of carbonyl (C=O) groups excluding carboxylic acids is 1. The van der Waals surface area contributed by atoms with E-state index in [0.717, 1.165) is 0 Å². The summed E-state index contributed by atoms with van der Waals surface area (Å²) in [7, 11) is 0. The van der Waals surface area contributed by atoms with Crippen LogP contribution in [0.2, 0.25) is 0 Å². The van der Waals surface area contributed by atoms with Gasteiger partial charge in [0.05, 0.1) is 35.5 Å². The highest BCUT2D eigenvalue weighted by atomic mass is 16.6. The highest BCUT2D eigenvalue weighted by molar-refractivity contribution is 5.93. The maximum atomic E-state index is 12.6. The van der Waals surface area contributed by atoms with Gasteiger partial charge in [-0.2, -0.15) is 5.10 Å². The van der Waals surface area contributed by atoms with Gasteiger partial charge in [0.15, 0.2) is 0 Å². The van der Waals surface area contributed by atoms with E-state index in [0.29, 0.717) is 41.3 Å². The molecule has 0 radical (unpaired) electrons. The number of hydrogen-bond acceptors (Lipinski definition) is 6. The monoisotopic (exact) mass is 384 g/mol. The summed E-state index contributed by atoms with van der Waals surface area (Å²) < 4.78 is 12.4. The van der Waals surface area contributed by atoms with E-state index in [1.54, 1.807) is 30.5 Å². The molecular formula is C19H20N4O5. The number of ether oxygens (including phenoxy) is 2. The van der Waals surface area contributed by atoms with Crippen molar-refractivity contribution in [3.05, 3.63) is 52.7 Å². The second-order valence-electron chi connectivity index (χ2n) is 5.87. The average molecular weight is 384 g/mol. The van der Waals surface area contributed by atoms with Gasteiger partial charge in [-0.3, -0.25) is 19.6 Å². The van der Waals surface area contributed by atoms with Crippen LogP contribution in [0.5, 0.6) is 11.5 Å². The molecule has 0 aliphatic heterocycles. The number of non-ortho nitro benzene ring substituents is 1. The first-order valence-electron chi connectivity index (χ1n) is 8.81. The van der Waals surface area contributed by atoms with Gasteiger partial charge in [-0.05, 0) is 32.0 Å². The number of nitro groups is 1. The number of fused-ring (bicyclic) bond motifs is 1. The first-order chi connectivity index (χ1) is 13.5. The van der Waals surface area contributed by atoms with Crippen LogP contribution in [0.25, 0.3) is 10.9 Å². The summed E-state index contributed by atoms with van der Waals surface area (Å²) in [4.78, 5) is 23.1. The number of carbonyl (C=O) groups is 1. The minimum atomic E-state index is -0.482. The van der Waals surface area contributed by atoms with Gasteiger partial charge in [-0.1, -0.05) is 0 Å². The van der Waals surface area contributed by atoms with Gasteiger partial charge in [-0.25, -0.2) is 0 Å². The van der Waals surface area contributed by atoms with E-state index in [9.17, 15) is 14.9 Å². The zero-order chi connectivity index (χ0) is 20.1. The molecule has 9 heteroatoms. The highest BCUT2D eigenvalue weighted by Gasteiger charge is 2.14. The minimum Gasteiger partial charge on any atom is -0.494 e. The van der Waals surface area contributed by atoms with Gasteiger partial charge in [0.1, 0.15) is 18.0 Å². The summed E-state index contributed by atoms with van der Waals surface area (Å²) in [6.07, 6.45) is 1.56. The Kier molecular flexibility index (Phi) is 5.73. The molecule has 0 aliphatic carbocycles. The Morgan fingerprint density at radius 2 is 1.96 bits per heavy atom. The fraction of sp³-hybridized carbons (Fsp3) is 0.263. The van der Waals surface area contributed by atoms with E-state index in [2.05, 4.69) is 10.4 Å². The number of nitrogens with one attached hydrogen (secondary N) is 1. The Balaban J connectivity index is 1.82. The normalized spacial score (nSPS) is 10.6. The fourth-order valence-corrected chi connectivity index (χ4v) is 2.77. The molecular weight excluding hydrogens is 364 g/mol. The lowest BCUT2D eigenvalue weighted by atomic mass is 10.2. The molecule has 9 nitrogen and oxygen atoms in total. The molecule has 0 bridgehead atoms. The molecule has 0 unspecified atom stereocenters. The standard InChI is InChI=1S/C19H20N4O5/c1-3-27-15-7-8-18(28-4-2)16(10-15)21-19(24)12-22-17-9-14(23(25)26)6-5-13(17)11-20-22/h5-11H,3-4,12H2,1-2H3,(H,21,24). The molecule has 1 N–H and O–H groups in total. The van der Waals surface area contributed by atoms with Crippen molar-refractivity contribution >= 4 is 28.2 Å². The first kappa shape index (κ1) is 19.2. The molecule has 2 aromatic carbocycles. The molecule has 0 fully saturated rings. The van der Waals surface area contributed by atoms with E-state index >= 15 is 0 Å². The van der Waals surface area contributed by atoms with Gasteiger partial charge in [0.2, 0.25) is 5.91 Å². The van der Waals surface area contributed by atoms with Gasteiger partial charge < -0.3 is 14.8 Å².